The van der Waals surface area contributed by atoms with Crippen molar-refractivity contribution in [2.24, 2.45) is 0 Å². The molecule has 194 valence electrons. The fourth-order valence-corrected chi connectivity index (χ4v) is 3.55. The Kier molecular flexibility index (Phi) is 11.9. The van der Waals surface area contributed by atoms with E-state index in [-0.39, 0.29) is 11.1 Å². The Bertz CT molecular complexity index is 1020. The van der Waals surface area contributed by atoms with Gasteiger partial charge in [0, 0.05) is 51.1 Å². The predicted octanol–water partition coefficient (Wildman–Crippen LogP) is 5.77. The summed E-state index contributed by atoms with van der Waals surface area (Å²) in [6, 6.07) is 4.98. The van der Waals surface area contributed by atoms with Crippen molar-refractivity contribution in [1.29, 1.82) is 0 Å². The average Bonchev–Trinajstić information content (AvgIpc) is 3.00. The molecule has 9 heteroatoms. The van der Waals surface area contributed by atoms with Crippen LogP contribution in [0.2, 0.25) is 5.02 Å². The van der Waals surface area contributed by atoms with E-state index in [1.54, 1.807) is 25.4 Å². The number of anilines is 1. The van der Waals surface area contributed by atoms with E-state index in [2.05, 4.69) is 13.8 Å². The van der Waals surface area contributed by atoms with Gasteiger partial charge in [-0.1, -0.05) is 45.2 Å². The maximum Gasteiger partial charge on any atom is 0.414 e. The molecule has 2 heterocycles. The Balaban J connectivity index is 0.00000137. The fraction of sp³-hybridized carbons (Fsp3) is 0.538. The molecular weight excluding hydrogens is 472 g/mol. The second kappa shape index (κ2) is 14.6. The Morgan fingerprint density at radius 2 is 1.89 bits per heavy atom. The average molecular weight is 509 g/mol. The summed E-state index contributed by atoms with van der Waals surface area (Å²) in [5, 5.41) is 0.423. The van der Waals surface area contributed by atoms with Gasteiger partial charge in [0.2, 0.25) is 5.43 Å². The van der Waals surface area contributed by atoms with Crippen molar-refractivity contribution in [3.8, 4) is 22.8 Å². The Hall–Kier alpha value is -2.71. The molecule has 0 fully saturated rings. The topological polar surface area (TPSA) is 79.2 Å². The van der Waals surface area contributed by atoms with E-state index in [0.29, 0.717) is 60.8 Å². The number of unbranched alkanes of at least 4 members (excludes halogenated alkanes) is 1. The van der Waals surface area contributed by atoms with Crippen LogP contribution >= 0.6 is 11.6 Å². The van der Waals surface area contributed by atoms with Gasteiger partial charge in [-0.15, -0.1) is 0 Å². The van der Waals surface area contributed by atoms with Gasteiger partial charge in [-0.05, 0) is 12.5 Å². The second-order valence-electron chi connectivity index (χ2n) is 8.16. The number of carbonyl (C=O) groups excluding carboxylic acids is 1. The third-order valence-electron chi connectivity index (χ3n) is 5.12. The number of methoxy groups -OCH3 is 1. The molecule has 35 heavy (non-hydrogen) atoms. The van der Waals surface area contributed by atoms with Crippen LogP contribution in [-0.4, -0.2) is 51.2 Å². The number of aromatic nitrogens is 1. The van der Waals surface area contributed by atoms with E-state index in [9.17, 15) is 9.59 Å². The molecule has 1 amide bonds. The monoisotopic (exact) mass is 508 g/mol. The summed E-state index contributed by atoms with van der Waals surface area (Å²) in [4.78, 5) is 26.4. The lowest BCUT2D eigenvalue weighted by atomic mass is 10.1. The molecule has 1 aromatic carbocycles. The highest BCUT2D eigenvalue weighted by molar-refractivity contribution is 6.32. The molecule has 1 aromatic heterocycles. The van der Waals surface area contributed by atoms with Gasteiger partial charge in [-0.2, -0.15) is 0 Å². The molecule has 8 nitrogen and oxygen atoms in total. The summed E-state index contributed by atoms with van der Waals surface area (Å²) in [5.41, 5.74) is 1.29. The summed E-state index contributed by atoms with van der Waals surface area (Å²) in [6.45, 7) is 8.53. The van der Waals surface area contributed by atoms with Gasteiger partial charge < -0.3 is 23.5 Å². The standard InChI is InChI=1S/C23H29ClN2O6.C3H8/c1-4-5-9-32-23(28)25(2)19-15-26-7-11-31-21-14-22(30-10-6-8-29-3)17(24)12-16(21)18(26)13-20(19)27;1-3-2/h12-15H,4-11H2,1-3H3;3H2,1-2H3. The molecule has 2 aromatic rings. The zero-order valence-corrected chi connectivity index (χ0v) is 22.2. The van der Waals surface area contributed by atoms with Crippen LogP contribution < -0.4 is 19.8 Å². The molecule has 1 aliphatic heterocycles. The number of amides is 1. The van der Waals surface area contributed by atoms with E-state index in [1.807, 2.05) is 11.5 Å². The normalized spacial score (nSPS) is 11.7. The predicted molar refractivity (Wildman–Crippen MR) is 139 cm³/mol. The number of fused-ring (bicyclic) bond motifs is 3. The van der Waals surface area contributed by atoms with Crippen LogP contribution in [0.4, 0.5) is 10.5 Å². The van der Waals surface area contributed by atoms with Crippen LogP contribution in [0.3, 0.4) is 0 Å². The van der Waals surface area contributed by atoms with Gasteiger partial charge in [0.25, 0.3) is 0 Å². The SMILES string of the molecule is CCC.CCCCOC(=O)N(C)c1cn2c(cc1=O)-c1cc(Cl)c(OCCCOC)cc1OCC2. The van der Waals surface area contributed by atoms with Crippen LogP contribution in [0, 0.1) is 0 Å². The lowest BCUT2D eigenvalue weighted by Crippen LogP contribution is -2.32. The minimum atomic E-state index is -0.556. The molecular formula is C26H37ClN2O6. The maximum atomic E-state index is 12.9. The van der Waals surface area contributed by atoms with E-state index in [0.717, 1.165) is 19.3 Å². The van der Waals surface area contributed by atoms with Crippen LogP contribution in [0.5, 0.6) is 11.5 Å². The van der Waals surface area contributed by atoms with Gasteiger partial charge in [0.15, 0.2) is 0 Å². The first-order valence-electron chi connectivity index (χ1n) is 12.1. The quantitative estimate of drug-likeness (QED) is 0.400. The Morgan fingerprint density at radius 3 is 2.57 bits per heavy atom. The third kappa shape index (κ3) is 7.90. The molecule has 3 rings (SSSR count). The molecule has 0 atom stereocenters. The van der Waals surface area contributed by atoms with Gasteiger partial charge in [0.05, 0.1) is 30.5 Å². The smallest absolute Gasteiger partial charge is 0.414 e. The first kappa shape index (κ1) is 28.5. The van der Waals surface area contributed by atoms with E-state index >= 15 is 0 Å². The number of rotatable bonds is 9. The number of hydrogen-bond acceptors (Lipinski definition) is 6. The molecule has 0 N–H and O–H groups in total. The van der Waals surface area contributed by atoms with E-state index < -0.39 is 6.09 Å². The number of halogens is 1. The lowest BCUT2D eigenvalue weighted by molar-refractivity contribution is 0.153. The number of hydrogen-bond donors (Lipinski definition) is 0. The molecule has 0 aliphatic carbocycles. The number of carbonyl (C=O) groups is 1. The number of benzene rings is 1. The van der Waals surface area contributed by atoms with Crippen molar-refractivity contribution in [3.05, 3.63) is 39.6 Å². The summed E-state index contributed by atoms with van der Waals surface area (Å²) in [6.07, 6.45) is 4.77. The summed E-state index contributed by atoms with van der Waals surface area (Å²) >= 11 is 6.45. The Labute approximate surface area is 212 Å². The lowest BCUT2D eigenvalue weighted by Gasteiger charge is -2.19. The van der Waals surface area contributed by atoms with Crippen molar-refractivity contribution in [2.75, 3.05) is 45.5 Å². The van der Waals surface area contributed by atoms with Gasteiger partial charge in [0.1, 0.15) is 23.8 Å². The van der Waals surface area contributed by atoms with Crippen molar-refractivity contribution >= 4 is 23.4 Å². The summed E-state index contributed by atoms with van der Waals surface area (Å²) < 4.78 is 23.8. The van der Waals surface area contributed by atoms with Crippen LogP contribution in [0.15, 0.2) is 29.2 Å². The van der Waals surface area contributed by atoms with Crippen molar-refractivity contribution in [3.63, 3.8) is 0 Å². The molecule has 1 aliphatic rings. The molecule has 0 saturated heterocycles. The highest BCUT2D eigenvalue weighted by Gasteiger charge is 2.22. The van der Waals surface area contributed by atoms with Crippen molar-refractivity contribution in [2.45, 2.75) is 53.0 Å². The molecule has 0 spiro atoms. The first-order valence-corrected chi connectivity index (χ1v) is 12.5. The molecule has 0 radical (unpaired) electrons. The van der Waals surface area contributed by atoms with Crippen molar-refractivity contribution in [1.82, 2.24) is 4.57 Å². The summed E-state index contributed by atoms with van der Waals surface area (Å²) in [5.74, 6) is 1.10. The van der Waals surface area contributed by atoms with Crippen molar-refractivity contribution < 1.29 is 23.7 Å². The molecule has 0 saturated carbocycles. The largest absolute Gasteiger partial charge is 0.492 e. The highest BCUT2D eigenvalue weighted by atomic mass is 35.5. The van der Waals surface area contributed by atoms with Gasteiger partial charge in [-0.3, -0.25) is 9.69 Å². The summed E-state index contributed by atoms with van der Waals surface area (Å²) in [7, 11) is 3.17. The molecule has 0 bridgehead atoms. The number of nitrogens with zero attached hydrogens (tertiary/aromatic N) is 2. The Morgan fingerprint density at radius 1 is 1.14 bits per heavy atom. The van der Waals surface area contributed by atoms with Crippen LogP contribution in [0.25, 0.3) is 11.3 Å². The van der Waals surface area contributed by atoms with Gasteiger partial charge in [-0.25, -0.2) is 4.79 Å². The third-order valence-corrected chi connectivity index (χ3v) is 5.41. The number of pyridine rings is 1. The minimum absolute atomic E-state index is 0.239. The van der Waals surface area contributed by atoms with Crippen LogP contribution in [0.1, 0.15) is 46.5 Å². The minimum Gasteiger partial charge on any atom is -0.492 e. The second-order valence-corrected chi connectivity index (χ2v) is 8.56. The zero-order valence-electron chi connectivity index (χ0n) is 21.4. The maximum absolute atomic E-state index is 12.9. The van der Waals surface area contributed by atoms with Crippen LogP contribution in [-0.2, 0) is 16.0 Å². The highest BCUT2D eigenvalue weighted by Crippen LogP contribution is 2.40. The van der Waals surface area contributed by atoms with E-state index in [1.165, 1.54) is 24.4 Å². The zero-order chi connectivity index (χ0) is 25.8. The number of ether oxygens (including phenoxy) is 4. The molecule has 0 unspecified atom stereocenters. The van der Waals surface area contributed by atoms with E-state index in [4.69, 9.17) is 30.5 Å². The van der Waals surface area contributed by atoms with Gasteiger partial charge >= 0.3 is 6.09 Å². The first-order chi connectivity index (χ1) is 16.9. The fourth-order valence-electron chi connectivity index (χ4n) is 3.33.